The summed E-state index contributed by atoms with van der Waals surface area (Å²) >= 11 is 0. The second-order valence-corrected chi connectivity index (χ2v) is 4.35. The maximum absolute atomic E-state index is 11.3. The van der Waals surface area contributed by atoms with Crippen molar-refractivity contribution in [2.24, 2.45) is 11.8 Å². The van der Waals surface area contributed by atoms with E-state index >= 15 is 0 Å². The number of hydrogen-bond acceptors (Lipinski definition) is 5. The van der Waals surface area contributed by atoms with Crippen molar-refractivity contribution in [3.05, 3.63) is 0 Å². The van der Waals surface area contributed by atoms with Gasteiger partial charge in [0.1, 0.15) is 12.2 Å². The quantitative estimate of drug-likeness (QED) is 0.699. The van der Waals surface area contributed by atoms with Gasteiger partial charge in [-0.05, 0) is 6.92 Å². The Bertz CT molecular complexity index is 288. The highest BCUT2D eigenvalue weighted by molar-refractivity contribution is 5.81. The number of ether oxygens (including phenoxy) is 2. The Morgan fingerprint density at radius 3 is 2.19 bits per heavy atom. The van der Waals surface area contributed by atoms with Gasteiger partial charge < -0.3 is 14.6 Å². The zero-order valence-corrected chi connectivity index (χ0v) is 9.97. The zero-order chi connectivity index (χ0) is 12.5. The van der Waals surface area contributed by atoms with Gasteiger partial charge in [0.25, 0.3) is 0 Å². The van der Waals surface area contributed by atoms with Crippen molar-refractivity contribution in [3.8, 4) is 0 Å². The first-order valence-corrected chi connectivity index (χ1v) is 5.35. The molecule has 0 aromatic rings. The number of Topliss-reactive ketones (excluding diaryl/α,β-unsaturated/α-hetero) is 1. The van der Waals surface area contributed by atoms with Gasteiger partial charge in [-0.2, -0.15) is 0 Å². The number of carbonyl (C=O) groups excluding carboxylic acids is 2. The van der Waals surface area contributed by atoms with Gasteiger partial charge in [-0.15, -0.1) is 0 Å². The van der Waals surface area contributed by atoms with Crippen LogP contribution in [0, 0.1) is 11.8 Å². The van der Waals surface area contributed by atoms with E-state index < -0.39 is 24.5 Å². The third-order valence-electron chi connectivity index (χ3n) is 2.95. The van der Waals surface area contributed by atoms with Crippen molar-refractivity contribution < 1.29 is 24.2 Å². The van der Waals surface area contributed by atoms with Crippen LogP contribution in [0.4, 0.5) is 0 Å². The molecule has 0 spiro atoms. The molecule has 1 fully saturated rings. The van der Waals surface area contributed by atoms with Gasteiger partial charge in [-0.1, -0.05) is 13.8 Å². The predicted octanol–water partition coefficient (Wildman–Crippen LogP) is 0.496. The van der Waals surface area contributed by atoms with Crippen LogP contribution in [0.5, 0.6) is 0 Å². The Morgan fingerprint density at radius 1 is 1.19 bits per heavy atom. The molecule has 0 aromatic heterocycles. The van der Waals surface area contributed by atoms with E-state index in [0.717, 1.165) is 0 Å². The van der Waals surface area contributed by atoms with Crippen LogP contribution < -0.4 is 0 Å². The maximum atomic E-state index is 11.3. The van der Waals surface area contributed by atoms with E-state index in [1.165, 1.54) is 13.8 Å². The van der Waals surface area contributed by atoms with Crippen LogP contribution in [0.3, 0.4) is 0 Å². The minimum absolute atomic E-state index is 0.171. The van der Waals surface area contributed by atoms with Gasteiger partial charge in [0.2, 0.25) is 0 Å². The summed E-state index contributed by atoms with van der Waals surface area (Å²) in [5.74, 6) is -1.18. The summed E-state index contributed by atoms with van der Waals surface area (Å²) in [5, 5.41) is 9.63. The van der Waals surface area contributed by atoms with Crippen molar-refractivity contribution in [1.29, 1.82) is 0 Å². The summed E-state index contributed by atoms with van der Waals surface area (Å²) in [6, 6.07) is 0. The van der Waals surface area contributed by atoms with Crippen LogP contribution in [0.2, 0.25) is 0 Å². The molecule has 0 saturated carbocycles. The highest BCUT2D eigenvalue weighted by Crippen LogP contribution is 2.31. The molecule has 0 radical (unpaired) electrons. The third-order valence-corrected chi connectivity index (χ3v) is 2.95. The summed E-state index contributed by atoms with van der Waals surface area (Å²) in [6.07, 6.45) is -2.28. The fourth-order valence-corrected chi connectivity index (χ4v) is 2.08. The molecule has 0 amide bonds. The summed E-state index contributed by atoms with van der Waals surface area (Å²) in [6.45, 7) is 6.21. The van der Waals surface area contributed by atoms with Crippen LogP contribution >= 0.6 is 0 Å². The standard InChI is InChI=1S/C11H18O5/c1-5-9(15-8(4)13)6(2)11(14)16-10(5)7(3)12/h5-6,9-11,14H,1-4H3. The monoisotopic (exact) mass is 230 g/mol. The molecule has 0 aliphatic carbocycles. The summed E-state index contributed by atoms with van der Waals surface area (Å²) < 4.78 is 10.3. The molecule has 1 N–H and O–H groups in total. The molecule has 5 heteroatoms. The van der Waals surface area contributed by atoms with Crippen LogP contribution in [-0.2, 0) is 19.1 Å². The number of rotatable bonds is 2. The SMILES string of the molecule is CC(=O)OC1C(C)C(O)OC(C(C)=O)C1C. The van der Waals surface area contributed by atoms with Crippen molar-refractivity contribution in [2.45, 2.75) is 46.2 Å². The summed E-state index contributed by atoms with van der Waals surface area (Å²) in [7, 11) is 0. The van der Waals surface area contributed by atoms with E-state index in [1.54, 1.807) is 13.8 Å². The molecule has 0 aromatic carbocycles. The Labute approximate surface area is 94.7 Å². The van der Waals surface area contributed by atoms with Crippen LogP contribution in [-0.4, -0.2) is 35.4 Å². The molecular formula is C11H18O5. The minimum atomic E-state index is -1.07. The van der Waals surface area contributed by atoms with Crippen molar-refractivity contribution in [3.63, 3.8) is 0 Å². The Morgan fingerprint density at radius 2 is 1.75 bits per heavy atom. The average molecular weight is 230 g/mol. The Hall–Kier alpha value is -0.940. The fraction of sp³-hybridized carbons (Fsp3) is 0.818. The molecule has 5 nitrogen and oxygen atoms in total. The third kappa shape index (κ3) is 2.59. The van der Waals surface area contributed by atoms with Crippen LogP contribution in [0.15, 0.2) is 0 Å². The minimum Gasteiger partial charge on any atom is -0.462 e. The highest BCUT2D eigenvalue weighted by Gasteiger charge is 2.44. The molecule has 5 atom stereocenters. The lowest BCUT2D eigenvalue weighted by Gasteiger charge is -2.41. The molecule has 1 aliphatic heterocycles. The summed E-state index contributed by atoms with van der Waals surface area (Å²) in [5.41, 5.74) is 0. The first-order valence-electron chi connectivity index (χ1n) is 5.35. The Balaban J connectivity index is 2.85. The number of ketones is 1. The van der Waals surface area contributed by atoms with Crippen LogP contribution in [0.25, 0.3) is 0 Å². The van der Waals surface area contributed by atoms with E-state index in [9.17, 15) is 14.7 Å². The number of esters is 1. The lowest BCUT2D eigenvalue weighted by molar-refractivity contribution is -0.242. The van der Waals surface area contributed by atoms with Crippen molar-refractivity contribution in [2.75, 3.05) is 0 Å². The van der Waals surface area contributed by atoms with Gasteiger partial charge in [-0.25, -0.2) is 0 Å². The molecule has 1 aliphatic rings. The van der Waals surface area contributed by atoms with Gasteiger partial charge in [0.05, 0.1) is 0 Å². The smallest absolute Gasteiger partial charge is 0.302 e. The van der Waals surface area contributed by atoms with E-state index in [2.05, 4.69) is 0 Å². The molecule has 92 valence electrons. The first kappa shape index (κ1) is 13.1. The Kier molecular flexibility index (Phi) is 4.04. The van der Waals surface area contributed by atoms with Gasteiger partial charge in [0, 0.05) is 18.8 Å². The van der Waals surface area contributed by atoms with Gasteiger partial charge >= 0.3 is 5.97 Å². The van der Waals surface area contributed by atoms with Crippen molar-refractivity contribution in [1.82, 2.24) is 0 Å². The van der Waals surface area contributed by atoms with E-state index in [-0.39, 0.29) is 17.6 Å². The molecule has 1 saturated heterocycles. The maximum Gasteiger partial charge on any atom is 0.302 e. The second-order valence-electron chi connectivity index (χ2n) is 4.35. The first-order chi connectivity index (χ1) is 7.34. The molecule has 0 bridgehead atoms. The predicted molar refractivity (Wildman–Crippen MR) is 55.4 cm³/mol. The molecule has 16 heavy (non-hydrogen) atoms. The largest absolute Gasteiger partial charge is 0.462 e. The van der Waals surface area contributed by atoms with E-state index in [1.807, 2.05) is 0 Å². The van der Waals surface area contributed by atoms with E-state index in [0.29, 0.717) is 0 Å². The van der Waals surface area contributed by atoms with Crippen molar-refractivity contribution >= 4 is 11.8 Å². The fourth-order valence-electron chi connectivity index (χ4n) is 2.08. The number of carbonyl (C=O) groups is 2. The van der Waals surface area contributed by atoms with Crippen LogP contribution in [0.1, 0.15) is 27.7 Å². The highest BCUT2D eigenvalue weighted by atomic mass is 16.6. The number of hydrogen-bond donors (Lipinski definition) is 1. The average Bonchev–Trinajstić information content (AvgIpc) is 2.17. The zero-order valence-electron chi connectivity index (χ0n) is 9.97. The molecule has 1 rings (SSSR count). The number of aliphatic hydroxyl groups is 1. The lowest BCUT2D eigenvalue weighted by atomic mass is 9.84. The topological polar surface area (TPSA) is 72.8 Å². The normalized spacial score (nSPS) is 39.2. The van der Waals surface area contributed by atoms with Gasteiger partial charge in [-0.3, -0.25) is 9.59 Å². The molecule has 1 heterocycles. The number of aliphatic hydroxyl groups excluding tert-OH is 1. The summed E-state index contributed by atoms with van der Waals surface area (Å²) in [4.78, 5) is 22.3. The lowest BCUT2D eigenvalue weighted by Crippen LogP contribution is -2.52. The van der Waals surface area contributed by atoms with Gasteiger partial charge in [0.15, 0.2) is 12.1 Å². The van der Waals surface area contributed by atoms with E-state index in [4.69, 9.17) is 9.47 Å². The second kappa shape index (κ2) is 4.93. The molecular weight excluding hydrogens is 212 g/mol. The molecule has 5 unspecified atom stereocenters.